The predicted octanol–water partition coefficient (Wildman–Crippen LogP) is 2.62. The second kappa shape index (κ2) is 8.66. The molecule has 9 heteroatoms. The van der Waals surface area contributed by atoms with Crippen molar-refractivity contribution in [2.24, 2.45) is 13.0 Å². The molecule has 1 aliphatic carbocycles. The summed E-state index contributed by atoms with van der Waals surface area (Å²) in [5, 5.41) is 16.0. The molecule has 2 aliphatic rings. The number of carboxylic acids is 1. The molecule has 1 fully saturated rings. The van der Waals surface area contributed by atoms with Gasteiger partial charge < -0.3 is 20.1 Å². The Bertz CT molecular complexity index is 1230. The number of fused-ring (bicyclic) bond motifs is 3. The second-order valence-corrected chi connectivity index (χ2v) is 8.57. The average molecular weight is 460 g/mol. The first-order valence-electron chi connectivity index (χ1n) is 11.1. The minimum absolute atomic E-state index is 0.0246. The van der Waals surface area contributed by atoms with E-state index in [0.29, 0.717) is 11.4 Å². The van der Waals surface area contributed by atoms with Crippen molar-refractivity contribution >= 4 is 18.0 Å². The number of carbonyl (C=O) groups excluding carboxylic acids is 2. The van der Waals surface area contributed by atoms with Crippen LogP contribution in [-0.2, 0) is 23.1 Å². The summed E-state index contributed by atoms with van der Waals surface area (Å²) < 4.78 is 6.97. The quantitative estimate of drug-likeness (QED) is 0.585. The number of amides is 2. The molecule has 2 amide bonds. The largest absolute Gasteiger partial charge is 0.481 e. The van der Waals surface area contributed by atoms with E-state index in [1.54, 1.807) is 13.1 Å². The van der Waals surface area contributed by atoms with E-state index < -0.39 is 18.0 Å². The minimum Gasteiger partial charge on any atom is -0.481 e. The lowest BCUT2D eigenvalue weighted by molar-refractivity contribution is -0.146. The maximum absolute atomic E-state index is 12.6. The van der Waals surface area contributed by atoms with Crippen LogP contribution in [0.4, 0.5) is 4.79 Å². The molecule has 1 aliphatic heterocycles. The highest BCUT2D eigenvalue weighted by atomic mass is 16.5. The molecular formula is C25H24N4O5. The lowest BCUT2D eigenvalue weighted by Gasteiger charge is -2.36. The van der Waals surface area contributed by atoms with E-state index in [9.17, 15) is 14.4 Å². The molecule has 174 valence electrons. The van der Waals surface area contributed by atoms with Crippen molar-refractivity contribution < 1.29 is 24.2 Å². The van der Waals surface area contributed by atoms with E-state index in [1.807, 2.05) is 24.3 Å². The van der Waals surface area contributed by atoms with Gasteiger partial charge in [0.15, 0.2) is 0 Å². The monoisotopic (exact) mass is 460 g/mol. The van der Waals surface area contributed by atoms with Gasteiger partial charge in [0.1, 0.15) is 12.3 Å². The Kier molecular flexibility index (Phi) is 5.53. The van der Waals surface area contributed by atoms with E-state index in [0.717, 1.165) is 22.3 Å². The van der Waals surface area contributed by atoms with E-state index >= 15 is 0 Å². The van der Waals surface area contributed by atoms with Crippen LogP contribution in [0.25, 0.3) is 11.1 Å². The smallest absolute Gasteiger partial charge is 0.407 e. The Morgan fingerprint density at radius 3 is 2.29 bits per heavy atom. The maximum atomic E-state index is 12.6. The number of alkyl carbamates (subject to hydrolysis) is 1. The zero-order chi connectivity index (χ0) is 23.8. The Hall–Kier alpha value is -4.14. The van der Waals surface area contributed by atoms with Crippen LogP contribution in [0.5, 0.6) is 0 Å². The van der Waals surface area contributed by atoms with Crippen molar-refractivity contribution in [2.45, 2.75) is 12.5 Å². The number of ether oxygens (including phenoxy) is 1. The molecule has 0 radical (unpaired) electrons. The van der Waals surface area contributed by atoms with Crippen molar-refractivity contribution in [2.75, 3.05) is 19.7 Å². The van der Waals surface area contributed by atoms with Crippen molar-refractivity contribution in [3.8, 4) is 11.1 Å². The first kappa shape index (κ1) is 21.7. The molecule has 1 aromatic heterocycles. The summed E-state index contributed by atoms with van der Waals surface area (Å²) in [4.78, 5) is 37.4. The number of aliphatic carboxylic acids is 1. The fraction of sp³-hybridized carbons (Fsp3) is 0.280. The molecule has 5 rings (SSSR count). The summed E-state index contributed by atoms with van der Waals surface area (Å²) in [5.41, 5.74) is 5.45. The van der Waals surface area contributed by atoms with Gasteiger partial charge in [-0.15, -0.1) is 0 Å². The summed E-state index contributed by atoms with van der Waals surface area (Å²) >= 11 is 0. The molecule has 0 bridgehead atoms. The van der Waals surface area contributed by atoms with Gasteiger partial charge in [-0.1, -0.05) is 48.5 Å². The van der Waals surface area contributed by atoms with Crippen LogP contribution in [-0.4, -0.2) is 57.5 Å². The number of benzene rings is 2. The third kappa shape index (κ3) is 3.89. The number of aromatic nitrogens is 2. The topological polar surface area (TPSA) is 114 Å². The normalized spacial score (nSPS) is 14.8. The van der Waals surface area contributed by atoms with Crippen LogP contribution in [0, 0.1) is 5.92 Å². The molecule has 9 nitrogen and oxygen atoms in total. The number of hydrogen-bond acceptors (Lipinski definition) is 5. The zero-order valence-corrected chi connectivity index (χ0v) is 18.6. The Morgan fingerprint density at radius 2 is 1.68 bits per heavy atom. The molecule has 2 heterocycles. The number of carboxylic acid groups (broad SMARTS) is 1. The number of rotatable bonds is 6. The number of hydrogen-bond donors (Lipinski definition) is 2. The highest BCUT2D eigenvalue weighted by Gasteiger charge is 2.37. The van der Waals surface area contributed by atoms with Crippen molar-refractivity contribution in [1.29, 1.82) is 0 Å². The predicted molar refractivity (Wildman–Crippen MR) is 122 cm³/mol. The van der Waals surface area contributed by atoms with Gasteiger partial charge in [-0.25, -0.2) is 4.79 Å². The first-order valence-corrected chi connectivity index (χ1v) is 11.1. The fourth-order valence-corrected chi connectivity index (χ4v) is 4.59. The number of aryl methyl sites for hydroxylation is 1. The highest BCUT2D eigenvalue weighted by Crippen LogP contribution is 2.44. The van der Waals surface area contributed by atoms with Gasteiger partial charge in [-0.2, -0.15) is 5.10 Å². The fourth-order valence-electron chi connectivity index (χ4n) is 4.59. The van der Waals surface area contributed by atoms with Crippen LogP contribution in [0.15, 0.2) is 54.6 Å². The number of carbonyl (C=O) groups is 3. The molecule has 0 spiro atoms. The van der Waals surface area contributed by atoms with Gasteiger partial charge in [0.2, 0.25) is 0 Å². The minimum atomic E-state index is -0.901. The molecule has 0 atom stereocenters. The van der Waals surface area contributed by atoms with Crippen LogP contribution >= 0.6 is 0 Å². The van der Waals surface area contributed by atoms with E-state index in [4.69, 9.17) is 9.84 Å². The van der Waals surface area contributed by atoms with E-state index in [1.165, 1.54) is 9.58 Å². The summed E-state index contributed by atoms with van der Waals surface area (Å²) in [5.74, 6) is -1.72. The summed E-state index contributed by atoms with van der Waals surface area (Å²) in [6.45, 7) is 0.695. The van der Waals surface area contributed by atoms with Crippen LogP contribution < -0.4 is 5.32 Å². The number of likely N-dealkylation sites (tertiary alicyclic amines) is 1. The molecule has 0 saturated carbocycles. The van der Waals surface area contributed by atoms with Gasteiger partial charge in [-0.05, 0) is 28.3 Å². The molecule has 1 saturated heterocycles. The third-order valence-corrected chi connectivity index (χ3v) is 6.43. The first-order chi connectivity index (χ1) is 16.4. The lowest BCUT2D eigenvalue weighted by atomic mass is 9.98. The summed E-state index contributed by atoms with van der Waals surface area (Å²) in [6.07, 6.45) is -0.563. The maximum Gasteiger partial charge on any atom is 0.407 e. The van der Waals surface area contributed by atoms with Gasteiger partial charge in [0, 0.05) is 26.1 Å². The SMILES string of the molecule is Cn1nc(CNC(=O)OCC2c3ccccc3-c3ccccc32)cc1C(=O)N1CC(C(=O)O)C1. The van der Waals surface area contributed by atoms with Crippen molar-refractivity contribution in [3.63, 3.8) is 0 Å². The lowest BCUT2D eigenvalue weighted by Crippen LogP contribution is -2.53. The van der Waals surface area contributed by atoms with Crippen LogP contribution in [0.2, 0.25) is 0 Å². The average Bonchev–Trinajstić information content (AvgIpc) is 3.32. The number of nitrogens with zero attached hydrogens (tertiary/aromatic N) is 3. The van der Waals surface area contributed by atoms with E-state index in [-0.39, 0.29) is 38.1 Å². The van der Waals surface area contributed by atoms with Crippen molar-refractivity contribution in [1.82, 2.24) is 20.0 Å². The second-order valence-electron chi connectivity index (χ2n) is 8.57. The van der Waals surface area contributed by atoms with Crippen molar-refractivity contribution in [3.05, 3.63) is 77.1 Å². The van der Waals surface area contributed by atoms with E-state index in [2.05, 4.69) is 34.7 Å². The standard InChI is InChI=1S/C25H24N4O5/c1-28-22(23(30)29-12-15(13-29)24(31)32)10-16(27-28)11-26-25(33)34-14-21-19-8-4-2-6-17(19)18-7-3-5-9-20(18)21/h2-10,15,21H,11-14H2,1H3,(H,26,33)(H,31,32). The zero-order valence-electron chi connectivity index (χ0n) is 18.6. The molecule has 0 unspecified atom stereocenters. The van der Waals surface area contributed by atoms with Gasteiger partial charge in [-0.3, -0.25) is 14.3 Å². The Morgan fingerprint density at radius 1 is 1.06 bits per heavy atom. The molecule has 3 aromatic rings. The van der Waals surface area contributed by atoms with Gasteiger partial charge >= 0.3 is 12.1 Å². The van der Waals surface area contributed by atoms with Gasteiger partial charge in [0.25, 0.3) is 5.91 Å². The summed E-state index contributed by atoms with van der Waals surface area (Å²) in [6, 6.07) is 17.9. The molecular weight excluding hydrogens is 436 g/mol. The Balaban J connectivity index is 1.17. The molecule has 2 aromatic carbocycles. The van der Waals surface area contributed by atoms with Crippen LogP contribution in [0.3, 0.4) is 0 Å². The van der Waals surface area contributed by atoms with Crippen LogP contribution in [0.1, 0.15) is 33.2 Å². The Labute approximate surface area is 195 Å². The third-order valence-electron chi connectivity index (χ3n) is 6.43. The molecule has 34 heavy (non-hydrogen) atoms. The van der Waals surface area contributed by atoms with Gasteiger partial charge in [0.05, 0.1) is 18.2 Å². The number of nitrogens with one attached hydrogen (secondary N) is 1. The molecule has 2 N–H and O–H groups in total. The highest BCUT2D eigenvalue weighted by molar-refractivity contribution is 5.94. The summed E-state index contributed by atoms with van der Waals surface area (Å²) in [7, 11) is 1.64.